The summed E-state index contributed by atoms with van der Waals surface area (Å²) in [6.07, 6.45) is 0. The van der Waals surface area contributed by atoms with Gasteiger partial charge in [-0.25, -0.2) is 0 Å². The lowest BCUT2D eigenvalue weighted by molar-refractivity contribution is -0.384. The lowest BCUT2D eigenvalue weighted by Crippen LogP contribution is -1.92. The molecule has 2 rings (SSSR count). The van der Waals surface area contributed by atoms with Gasteiger partial charge in [0.25, 0.3) is 5.69 Å². The van der Waals surface area contributed by atoms with Crippen LogP contribution in [0.4, 0.5) is 5.69 Å². The molecule has 0 atom stereocenters. The highest BCUT2D eigenvalue weighted by Crippen LogP contribution is 2.28. The van der Waals surface area contributed by atoms with Gasteiger partial charge < -0.3 is 4.74 Å². The van der Waals surface area contributed by atoms with Gasteiger partial charge in [-0.15, -0.1) is 0 Å². The zero-order valence-electron chi connectivity index (χ0n) is 8.93. The van der Waals surface area contributed by atoms with Gasteiger partial charge in [-0.05, 0) is 13.0 Å². The number of benzene rings is 1. The molecule has 0 saturated heterocycles. The number of hydrogen-bond donors (Lipinski definition) is 0. The van der Waals surface area contributed by atoms with Crippen molar-refractivity contribution < 1.29 is 9.66 Å². The molecular formula is C11H10N2O3. The molecule has 0 amide bonds. The standard InChI is InChI=1S/C11H10N2O3/c1-7-5-11(16-2)9-6-8(13(14)15)3-4-10(9)12-7/h3-6H,1-2H3. The molecule has 16 heavy (non-hydrogen) atoms. The van der Waals surface area contributed by atoms with E-state index in [0.717, 1.165) is 5.69 Å². The van der Waals surface area contributed by atoms with Crippen LogP contribution >= 0.6 is 0 Å². The van der Waals surface area contributed by atoms with Crippen LogP contribution in [0, 0.1) is 17.0 Å². The molecule has 1 heterocycles. The fourth-order valence-electron chi connectivity index (χ4n) is 1.59. The summed E-state index contributed by atoms with van der Waals surface area (Å²) in [5.41, 5.74) is 1.55. The van der Waals surface area contributed by atoms with Crippen molar-refractivity contribution >= 4 is 16.6 Å². The maximum atomic E-state index is 10.7. The molecule has 1 aromatic carbocycles. The van der Waals surface area contributed by atoms with Crippen molar-refractivity contribution in [2.45, 2.75) is 6.92 Å². The van der Waals surface area contributed by atoms with E-state index in [4.69, 9.17) is 4.74 Å². The summed E-state index contributed by atoms with van der Waals surface area (Å²) in [6, 6.07) is 6.30. The summed E-state index contributed by atoms with van der Waals surface area (Å²) < 4.78 is 5.18. The maximum Gasteiger partial charge on any atom is 0.270 e. The Morgan fingerprint density at radius 2 is 2.12 bits per heavy atom. The van der Waals surface area contributed by atoms with Gasteiger partial charge in [0.15, 0.2) is 0 Å². The third kappa shape index (κ3) is 1.67. The summed E-state index contributed by atoms with van der Waals surface area (Å²) in [5, 5.41) is 11.3. The van der Waals surface area contributed by atoms with Crippen LogP contribution in [0.2, 0.25) is 0 Å². The van der Waals surface area contributed by atoms with E-state index in [-0.39, 0.29) is 5.69 Å². The molecule has 5 nitrogen and oxygen atoms in total. The predicted molar refractivity (Wildman–Crippen MR) is 59.7 cm³/mol. The highest BCUT2D eigenvalue weighted by molar-refractivity contribution is 5.87. The molecule has 0 aliphatic rings. The van der Waals surface area contributed by atoms with Crippen molar-refractivity contribution in [2.24, 2.45) is 0 Å². The Kier molecular flexibility index (Phi) is 2.44. The van der Waals surface area contributed by atoms with E-state index in [1.54, 1.807) is 12.1 Å². The van der Waals surface area contributed by atoms with E-state index in [2.05, 4.69) is 4.98 Å². The van der Waals surface area contributed by atoms with Gasteiger partial charge in [-0.2, -0.15) is 0 Å². The van der Waals surface area contributed by atoms with Gasteiger partial charge in [0.05, 0.1) is 17.5 Å². The number of rotatable bonds is 2. The minimum Gasteiger partial charge on any atom is -0.496 e. The first-order chi connectivity index (χ1) is 7.61. The van der Waals surface area contributed by atoms with E-state index in [0.29, 0.717) is 16.7 Å². The fraction of sp³-hybridized carbons (Fsp3) is 0.182. The first kappa shape index (κ1) is 10.4. The second kappa shape index (κ2) is 3.77. The number of aryl methyl sites for hydroxylation is 1. The van der Waals surface area contributed by atoms with Crippen LogP contribution in [0.5, 0.6) is 5.75 Å². The average Bonchev–Trinajstić information content (AvgIpc) is 2.27. The van der Waals surface area contributed by atoms with E-state index >= 15 is 0 Å². The number of aromatic nitrogens is 1. The van der Waals surface area contributed by atoms with Crippen LogP contribution in [-0.2, 0) is 0 Å². The second-order valence-electron chi connectivity index (χ2n) is 3.42. The first-order valence-corrected chi connectivity index (χ1v) is 4.71. The number of nitro benzene ring substituents is 1. The monoisotopic (exact) mass is 218 g/mol. The number of hydrogen-bond acceptors (Lipinski definition) is 4. The lowest BCUT2D eigenvalue weighted by atomic mass is 10.1. The molecule has 0 N–H and O–H groups in total. The molecule has 0 aliphatic carbocycles. The number of nitro groups is 1. The summed E-state index contributed by atoms with van der Waals surface area (Å²) >= 11 is 0. The molecule has 0 fully saturated rings. The smallest absolute Gasteiger partial charge is 0.270 e. The van der Waals surface area contributed by atoms with Crippen LogP contribution in [0.1, 0.15) is 5.69 Å². The predicted octanol–water partition coefficient (Wildman–Crippen LogP) is 2.46. The molecule has 0 radical (unpaired) electrons. The van der Waals surface area contributed by atoms with Crippen LogP contribution in [0.25, 0.3) is 10.9 Å². The molecule has 1 aromatic heterocycles. The normalized spacial score (nSPS) is 10.4. The number of non-ortho nitro benzene ring substituents is 1. The molecule has 0 aliphatic heterocycles. The second-order valence-corrected chi connectivity index (χ2v) is 3.42. The summed E-state index contributed by atoms with van der Waals surface area (Å²) in [6.45, 7) is 1.85. The molecule has 0 saturated carbocycles. The van der Waals surface area contributed by atoms with Crippen LogP contribution in [-0.4, -0.2) is 17.0 Å². The number of nitrogens with zero attached hydrogens (tertiary/aromatic N) is 2. The van der Waals surface area contributed by atoms with E-state index in [1.807, 2.05) is 6.92 Å². The van der Waals surface area contributed by atoms with Crippen molar-refractivity contribution in [3.63, 3.8) is 0 Å². The topological polar surface area (TPSA) is 65.3 Å². The molecule has 0 bridgehead atoms. The molecule has 0 spiro atoms. The third-order valence-electron chi connectivity index (χ3n) is 2.31. The molecule has 82 valence electrons. The minimum absolute atomic E-state index is 0.0384. The number of methoxy groups -OCH3 is 1. The fourth-order valence-corrected chi connectivity index (χ4v) is 1.59. The summed E-state index contributed by atoms with van der Waals surface area (Å²) in [7, 11) is 1.53. The largest absolute Gasteiger partial charge is 0.496 e. The van der Waals surface area contributed by atoms with Crippen molar-refractivity contribution in [3.8, 4) is 5.75 Å². The Bertz CT molecular complexity index is 566. The first-order valence-electron chi connectivity index (χ1n) is 4.71. The maximum absolute atomic E-state index is 10.7. The molecule has 0 unspecified atom stereocenters. The van der Waals surface area contributed by atoms with Crippen LogP contribution < -0.4 is 4.74 Å². The van der Waals surface area contributed by atoms with E-state index in [1.165, 1.54) is 19.2 Å². The minimum atomic E-state index is -0.432. The third-order valence-corrected chi connectivity index (χ3v) is 2.31. The summed E-state index contributed by atoms with van der Waals surface area (Å²) in [4.78, 5) is 14.5. The van der Waals surface area contributed by atoms with Crippen molar-refractivity contribution in [1.29, 1.82) is 0 Å². The Hall–Kier alpha value is -2.17. The zero-order valence-corrected chi connectivity index (χ0v) is 8.93. The highest BCUT2D eigenvalue weighted by atomic mass is 16.6. The summed E-state index contributed by atoms with van der Waals surface area (Å²) in [5.74, 6) is 0.603. The Labute approximate surface area is 91.8 Å². The van der Waals surface area contributed by atoms with Crippen LogP contribution in [0.15, 0.2) is 24.3 Å². The number of ether oxygens (including phenoxy) is 1. The quantitative estimate of drug-likeness (QED) is 0.573. The van der Waals surface area contributed by atoms with Gasteiger partial charge in [-0.3, -0.25) is 15.1 Å². The zero-order chi connectivity index (χ0) is 11.7. The van der Waals surface area contributed by atoms with E-state index < -0.39 is 4.92 Å². The molecule has 5 heteroatoms. The Morgan fingerprint density at radius 1 is 1.38 bits per heavy atom. The van der Waals surface area contributed by atoms with Gasteiger partial charge in [0.1, 0.15) is 5.75 Å². The average molecular weight is 218 g/mol. The lowest BCUT2D eigenvalue weighted by Gasteiger charge is -2.05. The number of pyridine rings is 1. The van der Waals surface area contributed by atoms with E-state index in [9.17, 15) is 10.1 Å². The van der Waals surface area contributed by atoms with Gasteiger partial charge in [0, 0.05) is 29.3 Å². The highest BCUT2D eigenvalue weighted by Gasteiger charge is 2.10. The van der Waals surface area contributed by atoms with Crippen molar-refractivity contribution in [3.05, 3.63) is 40.1 Å². The van der Waals surface area contributed by atoms with Gasteiger partial charge in [0.2, 0.25) is 0 Å². The van der Waals surface area contributed by atoms with Crippen LogP contribution in [0.3, 0.4) is 0 Å². The van der Waals surface area contributed by atoms with Gasteiger partial charge in [-0.1, -0.05) is 0 Å². The Balaban J connectivity index is 2.75. The SMILES string of the molecule is COc1cc(C)nc2ccc([N+](=O)[O-])cc12. The van der Waals surface area contributed by atoms with Crippen molar-refractivity contribution in [2.75, 3.05) is 7.11 Å². The van der Waals surface area contributed by atoms with Gasteiger partial charge >= 0.3 is 0 Å². The molecule has 2 aromatic rings. The Morgan fingerprint density at radius 3 is 2.75 bits per heavy atom. The number of fused-ring (bicyclic) bond motifs is 1. The van der Waals surface area contributed by atoms with Crippen molar-refractivity contribution in [1.82, 2.24) is 4.98 Å². The molecular weight excluding hydrogens is 208 g/mol.